The van der Waals surface area contributed by atoms with Gasteiger partial charge in [0.1, 0.15) is 17.5 Å². The minimum Gasteiger partial charge on any atom is -0.383 e. The van der Waals surface area contributed by atoms with Gasteiger partial charge in [-0.25, -0.2) is 9.97 Å². The first-order valence-corrected chi connectivity index (χ1v) is 6.90. The van der Waals surface area contributed by atoms with Crippen LogP contribution in [0.25, 0.3) is 0 Å². The molecular formula is C16H22N4. The molecule has 4 nitrogen and oxygen atoms in total. The number of benzene rings is 1. The molecule has 0 aliphatic heterocycles. The Kier molecular flexibility index (Phi) is 4.23. The molecule has 20 heavy (non-hydrogen) atoms. The van der Waals surface area contributed by atoms with Crippen molar-refractivity contribution in [1.29, 1.82) is 0 Å². The molecule has 0 unspecified atom stereocenters. The standard InChI is InChI=1S/C16H22N4/c1-11(2)20(10-14-8-6-5-7-9-14)16-12(3)15(17)18-13(4)19-16/h5-9,11H,10H2,1-4H3,(H2,17,18,19). The number of anilines is 2. The second kappa shape index (κ2) is 5.90. The molecular weight excluding hydrogens is 248 g/mol. The van der Waals surface area contributed by atoms with E-state index in [0.29, 0.717) is 17.7 Å². The molecule has 0 atom stereocenters. The van der Waals surface area contributed by atoms with E-state index in [-0.39, 0.29) is 0 Å². The van der Waals surface area contributed by atoms with E-state index in [4.69, 9.17) is 5.73 Å². The summed E-state index contributed by atoms with van der Waals surface area (Å²) in [5.74, 6) is 2.20. The molecule has 4 heteroatoms. The molecule has 1 heterocycles. The maximum atomic E-state index is 5.98. The Labute approximate surface area is 120 Å². The van der Waals surface area contributed by atoms with Crippen LogP contribution in [0.5, 0.6) is 0 Å². The van der Waals surface area contributed by atoms with Crippen LogP contribution in [-0.2, 0) is 6.54 Å². The lowest BCUT2D eigenvalue weighted by atomic mass is 10.1. The van der Waals surface area contributed by atoms with Crippen molar-refractivity contribution in [3.8, 4) is 0 Å². The van der Waals surface area contributed by atoms with Gasteiger partial charge in [-0.1, -0.05) is 30.3 Å². The van der Waals surface area contributed by atoms with Crippen molar-refractivity contribution in [2.45, 2.75) is 40.3 Å². The van der Waals surface area contributed by atoms with Crippen LogP contribution in [-0.4, -0.2) is 16.0 Å². The molecule has 0 radical (unpaired) electrons. The molecule has 106 valence electrons. The summed E-state index contributed by atoms with van der Waals surface area (Å²) >= 11 is 0. The fourth-order valence-electron chi connectivity index (χ4n) is 2.20. The molecule has 0 fully saturated rings. The first-order valence-electron chi connectivity index (χ1n) is 6.90. The quantitative estimate of drug-likeness (QED) is 0.927. The second-order valence-electron chi connectivity index (χ2n) is 5.31. The smallest absolute Gasteiger partial charge is 0.137 e. The SMILES string of the molecule is Cc1nc(N)c(C)c(N(Cc2ccccc2)C(C)C)n1. The van der Waals surface area contributed by atoms with Crippen molar-refractivity contribution in [1.82, 2.24) is 9.97 Å². The summed E-state index contributed by atoms with van der Waals surface area (Å²) in [6.45, 7) is 8.99. The van der Waals surface area contributed by atoms with Crippen LogP contribution in [0.2, 0.25) is 0 Å². The lowest BCUT2D eigenvalue weighted by molar-refractivity contribution is 0.667. The van der Waals surface area contributed by atoms with Crippen molar-refractivity contribution in [3.63, 3.8) is 0 Å². The normalized spacial score (nSPS) is 10.8. The van der Waals surface area contributed by atoms with Crippen molar-refractivity contribution in [3.05, 3.63) is 47.3 Å². The summed E-state index contributed by atoms with van der Waals surface area (Å²) in [4.78, 5) is 11.1. The molecule has 0 spiro atoms. The fourth-order valence-corrected chi connectivity index (χ4v) is 2.20. The van der Waals surface area contributed by atoms with Crippen LogP contribution in [0.4, 0.5) is 11.6 Å². The van der Waals surface area contributed by atoms with Crippen LogP contribution in [0.1, 0.15) is 30.8 Å². The summed E-state index contributed by atoms with van der Waals surface area (Å²) in [6.07, 6.45) is 0. The van der Waals surface area contributed by atoms with Crippen LogP contribution < -0.4 is 10.6 Å². The number of hydrogen-bond acceptors (Lipinski definition) is 4. The molecule has 0 saturated heterocycles. The third-order valence-electron chi connectivity index (χ3n) is 3.36. The Hall–Kier alpha value is -2.10. The maximum Gasteiger partial charge on any atom is 0.137 e. The lowest BCUT2D eigenvalue weighted by Crippen LogP contribution is -2.32. The molecule has 2 rings (SSSR count). The third kappa shape index (κ3) is 3.07. The lowest BCUT2D eigenvalue weighted by Gasteiger charge is -2.29. The van der Waals surface area contributed by atoms with Crippen molar-refractivity contribution < 1.29 is 0 Å². The summed E-state index contributed by atoms with van der Waals surface area (Å²) in [5.41, 5.74) is 8.18. The van der Waals surface area contributed by atoms with Gasteiger partial charge in [-0.2, -0.15) is 0 Å². The van der Waals surface area contributed by atoms with Crippen LogP contribution in [0, 0.1) is 13.8 Å². The predicted molar refractivity (Wildman–Crippen MR) is 83.7 cm³/mol. The third-order valence-corrected chi connectivity index (χ3v) is 3.36. The summed E-state index contributed by atoms with van der Waals surface area (Å²) < 4.78 is 0. The first kappa shape index (κ1) is 14.3. The highest BCUT2D eigenvalue weighted by Gasteiger charge is 2.17. The largest absolute Gasteiger partial charge is 0.383 e. The van der Waals surface area contributed by atoms with Gasteiger partial charge in [-0.3, -0.25) is 0 Å². The average molecular weight is 270 g/mol. The van der Waals surface area contributed by atoms with Gasteiger partial charge in [0.15, 0.2) is 0 Å². The molecule has 2 aromatic rings. The summed E-state index contributed by atoms with van der Waals surface area (Å²) in [5, 5.41) is 0. The van der Waals surface area contributed by atoms with Gasteiger partial charge in [0.05, 0.1) is 0 Å². The molecule has 0 amide bonds. The molecule has 0 bridgehead atoms. The van der Waals surface area contributed by atoms with E-state index in [9.17, 15) is 0 Å². The number of aryl methyl sites for hydroxylation is 1. The van der Waals surface area contributed by atoms with Gasteiger partial charge < -0.3 is 10.6 Å². The molecule has 0 saturated carbocycles. The molecule has 1 aromatic carbocycles. The minimum absolute atomic E-state index is 0.336. The molecule has 0 aliphatic rings. The van der Waals surface area contributed by atoms with Gasteiger partial charge in [0.25, 0.3) is 0 Å². The zero-order valence-corrected chi connectivity index (χ0v) is 12.6. The second-order valence-corrected chi connectivity index (χ2v) is 5.31. The number of hydrogen-bond donors (Lipinski definition) is 1. The Morgan fingerprint density at radius 1 is 1.10 bits per heavy atom. The molecule has 1 aromatic heterocycles. The van der Waals surface area contributed by atoms with E-state index in [1.807, 2.05) is 19.9 Å². The highest BCUT2D eigenvalue weighted by molar-refractivity contribution is 5.57. The number of nitrogens with zero attached hydrogens (tertiary/aromatic N) is 3. The molecule has 2 N–H and O–H groups in total. The number of rotatable bonds is 4. The average Bonchev–Trinajstić information content (AvgIpc) is 2.41. The Balaban J connectivity index is 2.39. The molecule has 0 aliphatic carbocycles. The van der Waals surface area contributed by atoms with E-state index < -0.39 is 0 Å². The van der Waals surface area contributed by atoms with Gasteiger partial charge in [0.2, 0.25) is 0 Å². The monoisotopic (exact) mass is 270 g/mol. The van der Waals surface area contributed by atoms with Crippen LogP contribution in [0.3, 0.4) is 0 Å². The van der Waals surface area contributed by atoms with E-state index in [0.717, 1.165) is 17.9 Å². The summed E-state index contributed by atoms with van der Waals surface area (Å²) in [6, 6.07) is 10.7. The Morgan fingerprint density at radius 2 is 1.75 bits per heavy atom. The van der Waals surface area contributed by atoms with Crippen molar-refractivity contribution in [2.75, 3.05) is 10.6 Å². The number of nitrogen functional groups attached to an aromatic ring is 1. The van der Waals surface area contributed by atoms with Gasteiger partial charge in [-0.15, -0.1) is 0 Å². The van der Waals surface area contributed by atoms with Crippen LogP contribution in [0.15, 0.2) is 30.3 Å². The van der Waals surface area contributed by atoms with Crippen molar-refractivity contribution >= 4 is 11.6 Å². The predicted octanol–water partition coefficient (Wildman–Crippen LogP) is 3.09. The van der Waals surface area contributed by atoms with E-state index in [1.54, 1.807) is 0 Å². The zero-order chi connectivity index (χ0) is 14.7. The Bertz CT molecular complexity index is 579. The minimum atomic E-state index is 0.336. The van der Waals surface area contributed by atoms with Gasteiger partial charge in [-0.05, 0) is 33.3 Å². The highest BCUT2D eigenvalue weighted by Crippen LogP contribution is 2.25. The zero-order valence-electron chi connectivity index (χ0n) is 12.6. The first-order chi connectivity index (χ1) is 9.49. The van der Waals surface area contributed by atoms with E-state index in [1.165, 1.54) is 5.56 Å². The number of aromatic nitrogens is 2. The topological polar surface area (TPSA) is 55.0 Å². The van der Waals surface area contributed by atoms with Gasteiger partial charge >= 0.3 is 0 Å². The van der Waals surface area contributed by atoms with Gasteiger partial charge in [0, 0.05) is 18.2 Å². The van der Waals surface area contributed by atoms with E-state index >= 15 is 0 Å². The van der Waals surface area contributed by atoms with E-state index in [2.05, 4.69) is 53.0 Å². The summed E-state index contributed by atoms with van der Waals surface area (Å²) in [7, 11) is 0. The number of nitrogens with two attached hydrogens (primary N) is 1. The maximum absolute atomic E-state index is 5.98. The highest BCUT2D eigenvalue weighted by atomic mass is 15.2. The van der Waals surface area contributed by atoms with Crippen LogP contribution >= 0.6 is 0 Å². The fraction of sp³-hybridized carbons (Fsp3) is 0.375. The van der Waals surface area contributed by atoms with Crippen molar-refractivity contribution in [2.24, 2.45) is 0 Å². The Morgan fingerprint density at radius 3 is 2.35 bits per heavy atom.